The number of β-amino-alcohol motifs (C(OH)–C–C–N with tert-alkyl or cyclic N) is 1. The largest absolute Gasteiger partial charge is 0.387 e. The lowest BCUT2D eigenvalue weighted by Crippen LogP contribution is -2.56. The van der Waals surface area contributed by atoms with Crippen LogP contribution in [0.3, 0.4) is 0 Å². The zero-order valence-electron chi connectivity index (χ0n) is 23.1. The van der Waals surface area contributed by atoms with Crippen molar-refractivity contribution >= 4 is 34.1 Å². The van der Waals surface area contributed by atoms with Gasteiger partial charge in [-0.3, -0.25) is 14.7 Å². The fraction of sp³-hybridized carbons (Fsp3) is 0.400. The van der Waals surface area contributed by atoms with Crippen molar-refractivity contribution in [3.63, 3.8) is 0 Å². The number of fused-ring (bicyclic) bond motifs is 2. The number of carbonyl (C=O) groups excluding carboxylic acids is 1. The maximum Gasteiger partial charge on any atom is 0.254 e. The third-order valence-corrected chi connectivity index (χ3v) is 8.41. The average molecular weight is 555 g/mol. The van der Waals surface area contributed by atoms with Crippen molar-refractivity contribution in [2.45, 2.75) is 25.0 Å². The summed E-state index contributed by atoms with van der Waals surface area (Å²) in [6.07, 6.45) is 9.00. The zero-order chi connectivity index (χ0) is 28.0. The van der Waals surface area contributed by atoms with Crippen LogP contribution in [-0.4, -0.2) is 87.0 Å². The number of nitrogens with one attached hydrogen (secondary N) is 2. The number of ether oxygens (including phenoxy) is 1. The van der Waals surface area contributed by atoms with Gasteiger partial charge in [0.15, 0.2) is 0 Å². The van der Waals surface area contributed by atoms with E-state index in [-0.39, 0.29) is 5.91 Å². The number of nitrogens with zero attached hydrogens (tertiary/aromatic N) is 6. The summed E-state index contributed by atoms with van der Waals surface area (Å²) in [4.78, 5) is 31.4. The van der Waals surface area contributed by atoms with E-state index in [1.54, 1.807) is 12.4 Å². The number of aryl methyl sites for hydroxylation is 1. The maximum atomic E-state index is 12.9. The summed E-state index contributed by atoms with van der Waals surface area (Å²) < 4.78 is 7.44. The van der Waals surface area contributed by atoms with Crippen molar-refractivity contribution in [3.05, 3.63) is 60.2 Å². The highest BCUT2D eigenvalue weighted by atomic mass is 16.5. The molecule has 4 aromatic heterocycles. The van der Waals surface area contributed by atoms with Gasteiger partial charge < -0.3 is 29.9 Å². The van der Waals surface area contributed by atoms with Crippen LogP contribution in [0.15, 0.2) is 49.1 Å². The monoisotopic (exact) mass is 554 g/mol. The molecule has 0 saturated carbocycles. The molecular formula is C30H34N8O3. The number of aromatic nitrogens is 4. The fourth-order valence-electron chi connectivity index (χ4n) is 6.36. The molecule has 1 amide bonds. The van der Waals surface area contributed by atoms with Crippen molar-refractivity contribution in [2.75, 3.05) is 56.2 Å². The van der Waals surface area contributed by atoms with Crippen molar-refractivity contribution in [2.24, 2.45) is 7.05 Å². The highest BCUT2D eigenvalue weighted by Crippen LogP contribution is 2.36. The van der Waals surface area contributed by atoms with Crippen molar-refractivity contribution in [3.8, 4) is 11.3 Å². The summed E-state index contributed by atoms with van der Waals surface area (Å²) >= 11 is 0. The Kier molecular flexibility index (Phi) is 6.57. The molecule has 41 heavy (non-hydrogen) atoms. The van der Waals surface area contributed by atoms with Crippen LogP contribution in [0.2, 0.25) is 0 Å². The highest BCUT2D eigenvalue weighted by Gasteiger charge is 2.35. The van der Waals surface area contributed by atoms with Gasteiger partial charge in [0.05, 0.1) is 53.8 Å². The summed E-state index contributed by atoms with van der Waals surface area (Å²) in [7, 11) is 1.96. The molecular weight excluding hydrogens is 520 g/mol. The van der Waals surface area contributed by atoms with Crippen LogP contribution in [0, 0.1) is 0 Å². The third-order valence-electron chi connectivity index (χ3n) is 8.41. The van der Waals surface area contributed by atoms with Gasteiger partial charge in [-0.25, -0.2) is 9.97 Å². The van der Waals surface area contributed by atoms with E-state index in [4.69, 9.17) is 9.72 Å². The smallest absolute Gasteiger partial charge is 0.254 e. The number of hydrogen-bond acceptors (Lipinski definition) is 9. The first-order chi connectivity index (χ1) is 20.0. The lowest BCUT2D eigenvalue weighted by atomic mass is 9.91. The molecule has 7 rings (SSSR count). The normalized spacial score (nSPS) is 21.2. The number of carbonyl (C=O) groups is 1. The summed E-state index contributed by atoms with van der Waals surface area (Å²) in [6.45, 7) is 5.69. The molecule has 4 aromatic rings. The van der Waals surface area contributed by atoms with E-state index in [2.05, 4.69) is 30.4 Å². The van der Waals surface area contributed by atoms with Gasteiger partial charge in [-0.2, -0.15) is 0 Å². The SMILES string of the molecule is Cn1ccc2c(-c3ncc(Nc4ccc(N5CCC[C@](O)(CN6CCOCC6)C5)cn4)c4c3CNC4=O)ccnc21. The average Bonchev–Trinajstić information content (AvgIpc) is 3.57. The Morgan fingerprint density at radius 3 is 2.80 bits per heavy atom. The molecule has 11 heteroatoms. The number of aliphatic hydroxyl groups is 1. The standard InChI is InChI=1S/C30H34N8O3/c1-36-10-6-22-21(5-8-31-28(22)36)27-23-16-34-29(39)26(23)24(17-33-27)35-25-4-3-20(15-32-25)38-9-2-7-30(40,19-38)18-37-11-13-41-14-12-37/h3-6,8,10,15,17,40H,2,7,9,11-14,16,18-19H2,1H3,(H,32,35)(H,34,39)/t30-/m0/s1. The minimum Gasteiger partial charge on any atom is -0.387 e. The molecule has 0 unspecified atom stereocenters. The zero-order valence-corrected chi connectivity index (χ0v) is 23.1. The van der Waals surface area contributed by atoms with Crippen molar-refractivity contribution in [1.82, 2.24) is 29.7 Å². The number of amides is 1. The number of hydrogen-bond donors (Lipinski definition) is 3. The van der Waals surface area contributed by atoms with E-state index in [0.717, 1.165) is 79.2 Å². The second-order valence-corrected chi connectivity index (χ2v) is 11.2. The predicted octanol–water partition coefficient (Wildman–Crippen LogP) is 2.68. The second kappa shape index (κ2) is 10.4. The van der Waals surface area contributed by atoms with Crippen LogP contribution >= 0.6 is 0 Å². The van der Waals surface area contributed by atoms with E-state index < -0.39 is 5.60 Å². The molecule has 3 N–H and O–H groups in total. The van der Waals surface area contributed by atoms with E-state index >= 15 is 0 Å². The topological polar surface area (TPSA) is 121 Å². The van der Waals surface area contributed by atoms with Crippen molar-refractivity contribution in [1.29, 1.82) is 0 Å². The molecule has 7 heterocycles. The first-order valence-corrected chi connectivity index (χ1v) is 14.2. The van der Waals surface area contributed by atoms with Gasteiger partial charge in [0.1, 0.15) is 11.5 Å². The van der Waals surface area contributed by atoms with Crippen LogP contribution in [0.1, 0.15) is 28.8 Å². The minimum absolute atomic E-state index is 0.131. The van der Waals surface area contributed by atoms with Crippen LogP contribution in [-0.2, 0) is 18.3 Å². The Morgan fingerprint density at radius 2 is 1.98 bits per heavy atom. The van der Waals surface area contributed by atoms with Gasteiger partial charge in [0.25, 0.3) is 5.91 Å². The Labute approximate surface area is 238 Å². The molecule has 1 atom stereocenters. The van der Waals surface area contributed by atoms with Crippen LogP contribution < -0.4 is 15.5 Å². The van der Waals surface area contributed by atoms with E-state index in [1.165, 1.54) is 0 Å². The van der Waals surface area contributed by atoms with Gasteiger partial charge in [-0.15, -0.1) is 0 Å². The minimum atomic E-state index is -0.756. The van der Waals surface area contributed by atoms with Gasteiger partial charge >= 0.3 is 0 Å². The molecule has 2 fully saturated rings. The molecule has 3 aliphatic rings. The molecule has 0 spiro atoms. The Hall–Kier alpha value is -4.06. The number of pyridine rings is 3. The van der Waals surface area contributed by atoms with Gasteiger partial charge in [0, 0.05) is 75.2 Å². The summed E-state index contributed by atoms with van der Waals surface area (Å²) in [5, 5.41) is 18.7. The first-order valence-electron chi connectivity index (χ1n) is 14.2. The van der Waals surface area contributed by atoms with Gasteiger partial charge in [-0.1, -0.05) is 0 Å². The van der Waals surface area contributed by atoms with Crippen LogP contribution in [0.5, 0.6) is 0 Å². The third kappa shape index (κ3) is 4.90. The molecule has 0 aliphatic carbocycles. The Morgan fingerprint density at radius 1 is 1.10 bits per heavy atom. The summed E-state index contributed by atoms with van der Waals surface area (Å²) in [6, 6.07) is 7.90. The van der Waals surface area contributed by atoms with E-state index in [9.17, 15) is 9.90 Å². The number of anilines is 3. The van der Waals surface area contributed by atoms with Crippen LogP contribution in [0.4, 0.5) is 17.2 Å². The lowest BCUT2D eigenvalue weighted by molar-refractivity contribution is -0.0382. The van der Waals surface area contributed by atoms with Gasteiger partial charge in [-0.05, 0) is 37.1 Å². The van der Waals surface area contributed by atoms with Crippen molar-refractivity contribution < 1.29 is 14.6 Å². The molecule has 212 valence electrons. The molecule has 2 saturated heterocycles. The molecule has 0 bridgehead atoms. The summed E-state index contributed by atoms with van der Waals surface area (Å²) in [5.41, 5.74) is 4.88. The lowest BCUT2D eigenvalue weighted by Gasteiger charge is -2.43. The first kappa shape index (κ1) is 25.9. The summed E-state index contributed by atoms with van der Waals surface area (Å²) in [5.74, 6) is 0.495. The number of rotatable bonds is 6. The fourth-order valence-corrected chi connectivity index (χ4v) is 6.36. The quantitative estimate of drug-likeness (QED) is 0.330. The molecule has 3 aliphatic heterocycles. The Balaban J connectivity index is 1.11. The molecule has 11 nitrogen and oxygen atoms in total. The maximum absolute atomic E-state index is 12.9. The number of morpholine rings is 1. The predicted molar refractivity (Wildman–Crippen MR) is 156 cm³/mol. The highest BCUT2D eigenvalue weighted by molar-refractivity contribution is 6.06. The van der Waals surface area contributed by atoms with Gasteiger partial charge in [0.2, 0.25) is 0 Å². The Bertz CT molecular complexity index is 1600. The molecule has 0 radical (unpaired) electrons. The van der Waals surface area contributed by atoms with E-state index in [0.29, 0.717) is 36.7 Å². The van der Waals surface area contributed by atoms with Crippen LogP contribution in [0.25, 0.3) is 22.3 Å². The second-order valence-electron chi connectivity index (χ2n) is 11.2. The number of piperidine rings is 1. The molecule has 0 aromatic carbocycles. The van der Waals surface area contributed by atoms with E-state index in [1.807, 2.05) is 48.3 Å².